The average Bonchev–Trinajstić information content (AvgIpc) is 2.77. The fourth-order valence-electron chi connectivity index (χ4n) is 1.71. The van der Waals surface area contributed by atoms with Gasteiger partial charge in [0.15, 0.2) is 0 Å². The highest BCUT2D eigenvalue weighted by Gasteiger charge is 2.34. The van der Waals surface area contributed by atoms with E-state index >= 15 is 0 Å². The lowest BCUT2D eigenvalue weighted by Crippen LogP contribution is -2.10. The monoisotopic (exact) mass is 323 g/mol. The van der Waals surface area contributed by atoms with Crippen LogP contribution in [0.4, 0.5) is 23.2 Å². The molecule has 1 unspecified atom stereocenters. The van der Waals surface area contributed by atoms with Gasteiger partial charge in [0.25, 0.3) is 0 Å². The normalized spacial score (nSPS) is 13.3. The molecule has 0 saturated carbocycles. The summed E-state index contributed by atoms with van der Waals surface area (Å²) in [6.07, 6.45) is -4.71. The first-order valence-corrected chi connectivity index (χ1v) is 6.85. The van der Waals surface area contributed by atoms with Crippen molar-refractivity contribution in [1.29, 1.82) is 0 Å². The number of rotatable bonds is 3. The van der Waals surface area contributed by atoms with E-state index in [1.807, 2.05) is 0 Å². The van der Waals surface area contributed by atoms with E-state index in [-0.39, 0.29) is 11.7 Å². The van der Waals surface area contributed by atoms with Crippen molar-refractivity contribution < 1.29 is 17.6 Å². The smallest absolute Gasteiger partial charge is 0.378 e. The lowest BCUT2D eigenvalue weighted by atomic mass is 10.1. The second-order valence-corrected chi connectivity index (χ2v) is 5.95. The van der Waals surface area contributed by atoms with Crippen LogP contribution in [0.25, 0.3) is 0 Å². The second-order valence-electron chi connectivity index (χ2n) is 4.20. The molecule has 0 radical (unpaired) electrons. The highest BCUT2D eigenvalue weighted by atomic mass is 35.5. The summed E-state index contributed by atoms with van der Waals surface area (Å²) >= 11 is 7.14. The molecule has 2 aromatic rings. The van der Waals surface area contributed by atoms with Crippen molar-refractivity contribution >= 4 is 28.6 Å². The van der Waals surface area contributed by atoms with Crippen LogP contribution in [0, 0.1) is 5.82 Å². The maximum Gasteiger partial charge on any atom is 0.419 e. The molecule has 20 heavy (non-hydrogen) atoms. The summed E-state index contributed by atoms with van der Waals surface area (Å²) in [5.41, 5.74) is -1.07. The molecule has 0 spiro atoms. The van der Waals surface area contributed by atoms with Gasteiger partial charge in [0, 0.05) is 10.6 Å². The summed E-state index contributed by atoms with van der Waals surface area (Å²) in [5, 5.41) is 2.90. The Kier molecular flexibility index (Phi) is 4.25. The highest BCUT2D eigenvalue weighted by Crippen LogP contribution is 2.34. The quantitative estimate of drug-likeness (QED) is 0.711. The highest BCUT2D eigenvalue weighted by molar-refractivity contribution is 7.16. The van der Waals surface area contributed by atoms with E-state index in [1.54, 1.807) is 19.1 Å². The second kappa shape index (κ2) is 5.61. The summed E-state index contributed by atoms with van der Waals surface area (Å²) in [7, 11) is 0. The summed E-state index contributed by atoms with van der Waals surface area (Å²) in [6, 6.07) is 6.13. The number of halogens is 5. The molecule has 1 N–H and O–H groups in total. The van der Waals surface area contributed by atoms with Crippen molar-refractivity contribution in [2.75, 3.05) is 5.32 Å². The number of thiophene rings is 1. The molecule has 0 aliphatic carbocycles. The van der Waals surface area contributed by atoms with Gasteiger partial charge >= 0.3 is 6.18 Å². The number of alkyl halides is 3. The Bertz CT molecular complexity index is 609. The van der Waals surface area contributed by atoms with Crippen LogP contribution in [-0.4, -0.2) is 0 Å². The Morgan fingerprint density at radius 2 is 1.90 bits per heavy atom. The minimum Gasteiger partial charge on any atom is -0.378 e. The molecule has 1 nitrogen and oxygen atoms in total. The van der Waals surface area contributed by atoms with Gasteiger partial charge in [-0.05, 0) is 37.3 Å². The van der Waals surface area contributed by atoms with Crippen LogP contribution in [0.5, 0.6) is 0 Å². The van der Waals surface area contributed by atoms with Crippen LogP contribution in [0.2, 0.25) is 4.34 Å². The van der Waals surface area contributed by atoms with E-state index in [2.05, 4.69) is 5.32 Å². The molecule has 1 atom stereocenters. The molecular formula is C13H10ClF4NS. The molecule has 0 bridgehead atoms. The maximum atomic E-state index is 13.2. The van der Waals surface area contributed by atoms with E-state index in [0.717, 1.165) is 17.0 Å². The lowest BCUT2D eigenvalue weighted by molar-refractivity contribution is -0.139. The van der Waals surface area contributed by atoms with Gasteiger partial charge in [0.2, 0.25) is 0 Å². The molecule has 1 aromatic carbocycles. The molecule has 0 aliphatic rings. The third-order valence-electron chi connectivity index (χ3n) is 2.68. The van der Waals surface area contributed by atoms with Gasteiger partial charge in [-0.15, -0.1) is 11.3 Å². The van der Waals surface area contributed by atoms with Crippen LogP contribution in [0.15, 0.2) is 30.3 Å². The Hall–Kier alpha value is -1.27. The van der Waals surface area contributed by atoms with Gasteiger partial charge < -0.3 is 5.32 Å². The molecular weight excluding hydrogens is 314 g/mol. The largest absolute Gasteiger partial charge is 0.419 e. The molecule has 1 heterocycles. The number of nitrogens with one attached hydrogen (secondary N) is 1. The van der Waals surface area contributed by atoms with Gasteiger partial charge in [0.05, 0.1) is 15.9 Å². The summed E-state index contributed by atoms with van der Waals surface area (Å²) in [4.78, 5) is 0.882. The Balaban J connectivity index is 2.22. The zero-order valence-corrected chi connectivity index (χ0v) is 11.8. The van der Waals surface area contributed by atoms with Gasteiger partial charge in [-0.2, -0.15) is 13.2 Å². The summed E-state index contributed by atoms with van der Waals surface area (Å²) in [5.74, 6) is -1.28. The topological polar surface area (TPSA) is 12.0 Å². The fourth-order valence-corrected chi connectivity index (χ4v) is 2.78. The summed E-state index contributed by atoms with van der Waals surface area (Å²) < 4.78 is 51.6. The number of benzene rings is 1. The summed E-state index contributed by atoms with van der Waals surface area (Å²) in [6.45, 7) is 1.79. The Morgan fingerprint density at radius 1 is 1.20 bits per heavy atom. The Morgan fingerprint density at radius 3 is 2.45 bits per heavy atom. The van der Waals surface area contributed by atoms with Crippen molar-refractivity contribution in [2.45, 2.75) is 19.1 Å². The first-order valence-electron chi connectivity index (χ1n) is 5.66. The van der Waals surface area contributed by atoms with E-state index in [4.69, 9.17) is 11.6 Å². The third kappa shape index (κ3) is 3.43. The van der Waals surface area contributed by atoms with Crippen LogP contribution in [-0.2, 0) is 6.18 Å². The molecule has 0 fully saturated rings. The Labute approximate surface area is 122 Å². The lowest BCUT2D eigenvalue weighted by Gasteiger charge is -2.16. The number of hydrogen-bond acceptors (Lipinski definition) is 2. The zero-order valence-electron chi connectivity index (χ0n) is 10.3. The molecule has 0 amide bonds. The van der Waals surface area contributed by atoms with Crippen molar-refractivity contribution in [2.24, 2.45) is 0 Å². The van der Waals surface area contributed by atoms with Gasteiger partial charge in [-0.1, -0.05) is 11.6 Å². The van der Waals surface area contributed by atoms with E-state index in [0.29, 0.717) is 4.34 Å². The number of hydrogen-bond donors (Lipinski definition) is 1. The third-order valence-corrected chi connectivity index (χ3v) is 4.09. The minimum absolute atomic E-state index is 0.204. The van der Waals surface area contributed by atoms with Crippen LogP contribution < -0.4 is 5.32 Å². The van der Waals surface area contributed by atoms with Gasteiger partial charge in [-0.25, -0.2) is 4.39 Å². The van der Waals surface area contributed by atoms with Crippen LogP contribution in [0.1, 0.15) is 23.4 Å². The van der Waals surface area contributed by atoms with Crippen LogP contribution in [0.3, 0.4) is 0 Å². The van der Waals surface area contributed by atoms with Crippen molar-refractivity contribution in [3.63, 3.8) is 0 Å². The molecule has 1 aromatic heterocycles. The molecule has 108 valence electrons. The van der Waals surface area contributed by atoms with Crippen molar-refractivity contribution in [1.82, 2.24) is 0 Å². The first-order chi connectivity index (χ1) is 9.27. The van der Waals surface area contributed by atoms with Gasteiger partial charge in [-0.3, -0.25) is 0 Å². The number of anilines is 1. The standard InChI is InChI=1S/C13H10ClF4NS/c1-7(11-4-5-12(14)20-11)19-8-2-3-10(15)9(6-8)13(16,17)18/h2-7,19H,1H3. The fraction of sp³-hybridized carbons (Fsp3) is 0.231. The zero-order chi connectivity index (χ0) is 14.9. The molecule has 0 saturated heterocycles. The average molecular weight is 324 g/mol. The molecule has 0 aliphatic heterocycles. The maximum absolute atomic E-state index is 13.2. The predicted octanol–water partition coefficient (Wildman–Crippen LogP) is 5.73. The van der Waals surface area contributed by atoms with Crippen molar-refractivity contribution in [3.05, 3.63) is 50.9 Å². The molecule has 2 rings (SSSR count). The predicted molar refractivity (Wildman–Crippen MR) is 72.8 cm³/mol. The molecule has 7 heteroatoms. The van der Waals surface area contributed by atoms with Gasteiger partial charge in [0.1, 0.15) is 5.82 Å². The SMILES string of the molecule is CC(Nc1ccc(F)c(C(F)(F)F)c1)c1ccc(Cl)s1. The first kappa shape index (κ1) is 15.1. The van der Waals surface area contributed by atoms with Crippen molar-refractivity contribution in [3.8, 4) is 0 Å². The van der Waals surface area contributed by atoms with E-state index in [1.165, 1.54) is 17.4 Å². The minimum atomic E-state index is -4.71. The van der Waals surface area contributed by atoms with Crippen LogP contribution >= 0.6 is 22.9 Å². The van der Waals surface area contributed by atoms with E-state index < -0.39 is 17.6 Å². The van der Waals surface area contributed by atoms with E-state index in [9.17, 15) is 17.6 Å².